The minimum absolute atomic E-state index is 0.0927. The molecular weight excluding hydrogens is 182 g/mol. The Kier molecular flexibility index (Phi) is 3.41. The highest BCUT2D eigenvalue weighted by atomic mass is 16.4. The number of carboxylic acid groups (broad SMARTS) is 1. The maximum atomic E-state index is 11.6. The third kappa shape index (κ3) is 2.42. The lowest BCUT2D eigenvalue weighted by molar-refractivity contribution is -0.133. The molecule has 1 rings (SSSR count). The molecule has 0 amide bonds. The van der Waals surface area contributed by atoms with Gasteiger partial charge in [-0.2, -0.15) is 0 Å². The maximum absolute atomic E-state index is 11.6. The molecule has 0 spiro atoms. The summed E-state index contributed by atoms with van der Waals surface area (Å²) in [5, 5.41) is 8.61. The zero-order valence-corrected chi connectivity index (χ0v) is 8.49. The first-order valence-electron chi connectivity index (χ1n) is 4.68. The van der Waals surface area contributed by atoms with E-state index in [1.54, 1.807) is 0 Å². The second kappa shape index (κ2) is 4.37. The van der Waals surface area contributed by atoms with Crippen LogP contribution in [0.15, 0.2) is 11.6 Å². The Labute approximate surface area is 83.2 Å². The molecule has 1 fully saturated rings. The SMILES string of the molecule is CC(=CC(=O)C1CCCN1C)C(=O)O. The Morgan fingerprint density at radius 3 is 2.57 bits per heavy atom. The standard InChI is InChI=1S/C10H15NO3/c1-7(10(13)14)6-9(12)8-4-3-5-11(8)2/h6,8H,3-5H2,1-2H3,(H,13,14). The number of aliphatic carboxylic acids is 1. The van der Waals surface area contributed by atoms with Gasteiger partial charge < -0.3 is 5.11 Å². The number of likely N-dealkylation sites (tertiary alicyclic amines) is 1. The lowest BCUT2D eigenvalue weighted by atomic mass is 10.1. The zero-order valence-electron chi connectivity index (χ0n) is 8.49. The summed E-state index contributed by atoms with van der Waals surface area (Å²) in [6, 6.07) is -0.121. The second-order valence-corrected chi connectivity index (χ2v) is 3.67. The highest BCUT2D eigenvalue weighted by Gasteiger charge is 2.26. The van der Waals surface area contributed by atoms with Crippen LogP contribution in [0.2, 0.25) is 0 Å². The molecule has 1 heterocycles. The van der Waals surface area contributed by atoms with Gasteiger partial charge in [0, 0.05) is 5.57 Å². The first-order chi connectivity index (χ1) is 6.52. The van der Waals surface area contributed by atoms with Crippen molar-refractivity contribution in [2.75, 3.05) is 13.6 Å². The molecule has 0 radical (unpaired) electrons. The van der Waals surface area contributed by atoms with Crippen molar-refractivity contribution in [3.05, 3.63) is 11.6 Å². The molecule has 14 heavy (non-hydrogen) atoms. The smallest absolute Gasteiger partial charge is 0.331 e. The van der Waals surface area contributed by atoms with Gasteiger partial charge in [-0.15, -0.1) is 0 Å². The van der Waals surface area contributed by atoms with Crippen molar-refractivity contribution in [1.82, 2.24) is 4.90 Å². The molecule has 1 atom stereocenters. The van der Waals surface area contributed by atoms with Crippen molar-refractivity contribution in [3.8, 4) is 0 Å². The summed E-state index contributed by atoms with van der Waals surface area (Å²) >= 11 is 0. The quantitative estimate of drug-likeness (QED) is 0.676. The third-order valence-electron chi connectivity index (χ3n) is 2.54. The average Bonchev–Trinajstić information content (AvgIpc) is 2.51. The minimum Gasteiger partial charge on any atom is -0.478 e. The Morgan fingerprint density at radius 2 is 2.14 bits per heavy atom. The van der Waals surface area contributed by atoms with E-state index in [1.165, 1.54) is 13.0 Å². The van der Waals surface area contributed by atoms with Gasteiger partial charge in [0.1, 0.15) is 0 Å². The zero-order chi connectivity index (χ0) is 10.7. The largest absolute Gasteiger partial charge is 0.478 e. The Bertz CT molecular complexity index is 283. The van der Waals surface area contributed by atoms with Crippen molar-refractivity contribution >= 4 is 11.8 Å². The van der Waals surface area contributed by atoms with Crippen molar-refractivity contribution < 1.29 is 14.7 Å². The number of carbonyl (C=O) groups is 2. The van der Waals surface area contributed by atoms with Crippen LogP contribution >= 0.6 is 0 Å². The number of carbonyl (C=O) groups excluding carboxylic acids is 1. The van der Waals surface area contributed by atoms with Crippen LogP contribution in [0.5, 0.6) is 0 Å². The fourth-order valence-corrected chi connectivity index (χ4v) is 1.64. The lowest BCUT2D eigenvalue weighted by Crippen LogP contribution is -2.32. The van der Waals surface area contributed by atoms with Gasteiger partial charge in [0.05, 0.1) is 6.04 Å². The fraction of sp³-hybridized carbons (Fsp3) is 0.600. The summed E-state index contributed by atoms with van der Waals surface area (Å²) in [5.41, 5.74) is 0.107. The van der Waals surface area contributed by atoms with Crippen LogP contribution in [0.3, 0.4) is 0 Å². The summed E-state index contributed by atoms with van der Waals surface area (Å²) in [5.74, 6) is -1.12. The molecule has 0 saturated carbocycles. The molecule has 1 aliphatic rings. The fourth-order valence-electron chi connectivity index (χ4n) is 1.64. The number of hydrogen-bond acceptors (Lipinski definition) is 3. The van der Waals surface area contributed by atoms with Crippen LogP contribution in [0.4, 0.5) is 0 Å². The summed E-state index contributed by atoms with van der Waals surface area (Å²) in [6.45, 7) is 2.35. The molecule has 1 N–H and O–H groups in total. The van der Waals surface area contributed by atoms with Crippen LogP contribution in [-0.2, 0) is 9.59 Å². The minimum atomic E-state index is -1.03. The monoisotopic (exact) mass is 197 g/mol. The molecule has 78 valence electrons. The number of nitrogens with zero attached hydrogens (tertiary/aromatic N) is 1. The first-order valence-corrected chi connectivity index (χ1v) is 4.68. The van der Waals surface area contributed by atoms with Gasteiger partial charge in [0.2, 0.25) is 0 Å². The molecule has 0 aromatic heterocycles. The van der Waals surface area contributed by atoms with E-state index in [1.807, 2.05) is 11.9 Å². The summed E-state index contributed by atoms with van der Waals surface area (Å²) in [6.07, 6.45) is 3.07. The van der Waals surface area contributed by atoms with Gasteiger partial charge in [0.25, 0.3) is 0 Å². The molecule has 4 heteroatoms. The molecule has 0 aromatic carbocycles. The molecule has 0 aromatic rings. The summed E-state index contributed by atoms with van der Waals surface area (Å²) < 4.78 is 0. The molecule has 1 saturated heterocycles. The van der Waals surface area contributed by atoms with Crippen molar-refractivity contribution in [1.29, 1.82) is 0 Å². The maximum Gasteiger partial charge on any atom is 0.331 e. The number of likely N-dealkylation sites (N-methyl/N-ethyl adjacent to an activating group) is 1. The molecule has 0 bridgehead atoms. The third-order valence-corrected chi connectivity index (χ3v) is 2.54. The number of ketones is 1. The molecular formula is C10H15NO3. The van der Waals surface area contributed by atoms with Crippen LogP contribution in [0.1, 0.15) is 19.8 Å². The van der Waals surface area contributed by atoms with E-state index in [0.717, 1.165) is 19.4 Å². The predicted molar refractivity (Wildman–Crippen MR) is 52.1 cm³/mol. The highest BCUT2D eigenvalue weighted by Crippen LogP contribution is 2.16. The molecule has 0 aliphatic carbocycles. The topological polar surface area (TPSA) is 57.6 Å². The van der Waals surface area contributed by atoms with Gasteiger partial charge in [-0.1, -0.05) is 0 Å². The normalized spacial score (nSPS) is 23.9. The van der Waals surface area contributed by atoms with Gasteiger partial charge >= 0.3 is 5.97 Å². The summed E-state index contributed by atoms with van der Waals surface area (Å²) in [7, 11) is 1.89. The second-order valence-electron chi connectivity index (χ2n) is 3.67. The molecule has 4 nitrogen and oxygen atoms in total. The number of hydrogen-bond donors (Lipinski definition) is 1. The first kappa shape index (κ1) is 10.9. The average molecular weight is 197 g/mol. The Morgan fingerprint density at radius 1 is 1.50 bits per heavy atom. The van der Waals surface area contributed by atoms with Crippen LogP contribution in [0.25, 0.3) is 0 Å². The van der Waals surface area contributed by atoms with E-state index in [2.05, 4.69) is 0 Å². The van der Waals surface area contributed by atoms with Gasteiger partial charge in [0.15, 0.2) is 5.78 Å². The number of rotatable bonds is 3. The molecule has 1 unspecified atom stereocenters. The van der Waals surface area contributed by atoms with Gasteiger partial charge in [-0.05, 0) is 39.4 Å². The van der Waals surface area contributed by atoms with Gasteiger partial charge in [-0.3, -0.25) is 9.69 Å². The van der Waals surface area contributed by atoms with Crippen molar-refractivity contribution in [3.63, 3.8) is 0 Å². The van der Waals surface area contributed by atoms with E-state index >= 15 is 0 Å². The Balaban J connectivity index is 2.66. The van der Waals surface area contributed by atoms with Crippen molar-refractivity contribution in [2.24, 2.45) is 0 Å². The number of carboxylic acids is 1. The molecule has 1 aliphatic heterocycles. The lowest BCUT2D eigenvalue weighted by Gasteiger charge is -2.15. The van der Waals surface area contributed by atoms with E-state index in [4.69, 9.17) is 5.11 Å². The van der Waals surface area contributed by atoms with Crippen molar-refractivity contribution in [2.45, 2.75) is 25.8 Å². The van der Waals surface area contributed by atoms with Gasteiger partial charge in [-0.25, -0.2) is 4.79 Å². The van der Waals surface area contributed by atoms with E-state index in [-0.39, 0.29) is 17.4 Å². The summed E-state index contributed by atoms with van der Waals surface area (Å²) in [4.78, 5) is 24.1. The van der Waals surface area contributed by atoms with Crippen LogP contribution < -0.4 is 0 Å². The highest BCUT2D eigenvalue weighted by molar-refractivity contribution is 6.01. The van der Waals surface area contributed by atoms with Crippen LogP contribution in [0, 0.1) is 0 Å². The van der Waals surface area contributed by atoms with Crippen LogP contribution in [-0.4, -0.2) is 41.4 Å². The Hall–Kier alpha value is -1.16. The van der Waals surface area contributed by atoms with E-state index < -0.39 is 5.97 Å². The van der Waals surface area contributed by atoms with E-state index in [0.29, 0.717) is 0 Å². The predicted octanol–water partition coefficient (Wildman–Crippen LogP) is 0.681. The van der Waals surface area contributed by atoms with E-state index in [9.17, 15) is 9.59 Å².